The SMILES string of the molecule is COC(=O)CC(O)CN(C)Cc1ccc(F)c(C)c1. The number of halogens is 1. The van der Waals surface area contributed by atoms with Crippen molar-refractivity contribution < 1.29 is 19.0 Å². The number of esters is 1. The predicted octanol–water partition coefficient (Wildman–Crippen LogP) is 1.49. The zero-order chi connectivity index (χ0) is 14.4. The predicted molar refractivity (Wildman–Crippen MR) is 70.1 cm³/mol. The van der Waals surface area contributed by atoms with Gasteiger partial charge in [-0.2, -0.15) is 0 Å². The second-order valence-electron chi connectivity index (χ2n) is 4.71. The number of benzene rings is 1. The average molecular weight is 269 g/mol. The van der Waals surface area contributed by atoms with Crippen molar-refractivity contribution in [1.82, 2.24) is 4.90 Å². The Kier molecular flexibility index (Phi) is 5.92. The minimum Gasteiger partial charge on any atom is -0.469 e. The summed E-state index contributed by atoms with van der Waals surface area (Å²) < 4.78 is 17.6. The van der Waals surface area contributed by atoms with Crippen LogP contribution in [0.3, 0.4) is 0 Å². The molecular weight excluding hydrogens is 249 g/mol. The van der Waals surface area contributed by atoms with Gasteiger partial charge in [0.15, 0.2) is 0 Å². The molecule has 1 atom stereocenters. The van der Waals surface area contributed by atoms with E-state index in [9.17, 15) is 14.3 Å². The molecule has 1 N–H and O–H groups in total. The molecule has 19 heavy (non-hydrogen) atoms. The van der Waals surface area contributed by atoms with E-state index in [0.29, 0.717) is 18.7 Å². The van der Waals surface area contributed by atoms with E-state index in [1.54, 1.807) is 19.1 Å². The molecule has 0 aliphatic rings. The fraction of sp³-hybridized carbons (Fsp3) is 0.500. The molecule has 0 fully saturated rings. The first-order valence-electron chi connectivity index (χ1n) is 6.10. The Morgan fingerprint density at radius 3 is 2.79 bits per heavy atom. The lowest BCUT2D eigenvalue weighted by Gasteiger charge is -2.20. The number of aryl methyl sites for hydroxylation is 1. The molecule has 1 rings (SSSR count). The van der Waals surface area contributed by atoms with Crippen LogP contribution in [0.2, 0.25) is 0 Å². The number of carbonyl (C=O) groups is 1. The van der Waals surface area contributed by atoms with E-state index < -0.39 is 12.1 Å². The summed E-state index contributed by atoms with van der Waals surface area (Å²) in [6, 6.07) is 4.92. The van der Waals surface area contributed by atoms with Crippen molar-refractivity contribution in [2.24, 2.45) is 0 Å². The number of hydrogen-bond donors (Lipinski definition) is 1. The lowest BCUT2D eigenvalue weighted by atomic mass is 10.1. The molecule has 4 nitrogen and oxygen atoms in total. The van der Waals surface area contributed by atoms with Crippen molar-refractivity contribution in [1.29, 1.82) is 0 Å². The molecule has 0 heterocycles. The number of hydrogen-bond acceptors (Lipinski definition) is 4. The molecule has 0 amide bonds. The highest BCUT2D eigenvalue weighted by atomic mass is 19.1. The van der Waals surface area contributed by atoms with Crippen LogP contribution in [-0.4, -0.2) is 42.8 Å². The molecule has 1 aromatic carbocycles. The molecule has 0 spiro atoms. The van der Waals surface area contributed by atoms with Gasteiger partial charge in [0, 0.05) is 13.1 Å². The van der Waals surface area contributed by atoms with Gasteiger partial charge in [0.2, 0.25) is 0 Å². The summed E-state index contributed by atoms with van der Waals surface area (Å²) in [5.41, 5.74) is 1.56. The van der Waals surface area contributed by atoms with Crippen LogP contribution in [0.1, 0.15) is 17.5 Å². The molecule has 1 aromatic rings. The van der Waals surface area contributed by atoms with Crippen molar-refractivity contribution in [3.05, 3.63) is 35.1 Å². The molecular formula is C14H20FNO3. The third kappa shape index (κ3) is 5.36. The maximum Gasteiger partial charge on any atom is 0.308 e. The van der Waals surface area contributed by atoms with Crippen LogP contribution in [0.5, 0.6) is 0 Å². The van der Waals surface area contributed by atoms with Crippen LogP contribution < -0.4 is 0 Å². The van der Waals surface area contributed by atoms with Gasteiger partial charge in [-0.15, -0.1) is 0 Å². The number of nitrogens with zero attached hydrogens (tertiary/aromatic N) is 1. The minimum absolute atomic E-state index is 0.0245. The Morgan fingerprint density at radius 1 is 1.53 bits per heavy atom. The molecule has 0 saturated carbocycles. The summed E-state index contributed by atoms with van der Waals surface area (Å²) in [6.07, 6.45) is -0.789. The highest BCUT2D eigenvalue weighted by Crippen LogP contribution is 2.11. The Hall–Kier alpha value is -1.46. The Bertz CT molecular complexity index is 437. The van der Waals surface area contributed by atoms with E-state index in [0.717, 1.165) is 5.56 Å². The van der Waals surface area contributed by atoms with Crippen LogP contribution in [0.15, 0.2) is 18.2 Å². The summed E-state index contributed by atoms with van der Waals surface area (Å²) in [5, 5.41) is 9.70. The highest BCUT2D eigenvalue weighted by molar-refractivity contribution is 5.69. The number of aliphatic hydroxyl groups is 1. The number of likely N-dealkylation sites (N-methyl/N-ethyl adjacent to an activating group) is 1. The van der Waals surface area contributed by atoms with E-state index >= 15 is 0 Å². The van der Waals surface area contributed by atoms with Crippen LogP contribution in [0.25, 0.3) is 0 Å². The highest BCUT2D eigenvalue weighted by Gasteiger charge is 2.13. The summed E-state index contributed by atoms with van der Waals surface area (Å²) in [5.74, 6) is -0.657. The zero-order valence-corrected chi connectivity index (χ0v) is 11.5. The van der Waals surface area contributed by atoms with E-state index in [-0.39, 0.29) is 12.2 Å². The lowest BCUT2D eigenvalue weighted by Crippen LogP contribution is -2.30. The topological polar surface area (TPSA) is 49.8 Å². The van der Waals surface area contributed by atoms with Gasteiger partial charge < -0.3 is 9.84 Å². The van der Waals surface area contributed by atoms with E-state index in [1.807, 2.05) is 11.9 Å². The first kappa shape index (κ1) is 15.6. The quantitative estimate of drug-likeness (QED) is 0.795. The van der Waals surface area contributed by atoms with Gasteiger partial charge in [-0.1, -0.05) is 12.1 Å². The van der Waals surface area contributed by atoms with Gasteiger partial charge >= 0.3 is 5.97 Å². The van der Waals surface area contributed by atoms with Gasteiger partial charge in [0.05, 0.1) is 19.6 Å². The second-order valence-corrected chi connectivity index (χ2v) is 4.71. The average Bonchev–Trinajstić information content (AvgIpc) is 2.33. The molecule has 0 aliphatic carbocycles. The van der Waals surface area contributed by atoms with Gasteiger partial charge in [-0.3, -0.25) is 9.69 Å². The van der Waals surface area contributed by atoms with Gasteiger partial charge in [-0.05, 0) is 31.2 Å². The molecule has 0 saturated heterocycles. The van der Waals surface area contributed by atoms with Gasteiger partial charge in [0.25, 0.3) is 0 Å². The van der Waals surface area contributed by atoms with Crippen LogP contribution in [0, 0.1) is 12.7 Å². The standard InChI is InChI=1S/C14H20FNO3/c1-10-6-11(4-5-13(10)15)8-16(2)9-12(17)7-14(18)19-3/h4-6,12,17H,7-9H2,1-3H3. The van der Waals surface area contributed by atoms with Crippen molar-refractivity contribution in [3.8, 4) is 0 Å². The van der Waals surface area contributed by atoms with Crippen molar-refractivity contribution in [2.75, 3.05) is 20.7 Å². The zero-order valence-electron chi connectivity index (χ0n) is 11.5. The largest absolute Gasteiger partial charge is 0.469 e. The monoisotopic (exact) mass is 269 g/mol. The third-order valence-corrected chi connectivity index (χ3v) is 2.83. The summed E-state index contributed by atoms with van der Waals surface area (Å²) in [6.45, 7) is 2.65. The molecule has 0 bridgehead atoms. The number of carbonyl (C=O) groups excluding carboxylic acids is 1. The summed E-state index contributed by atoms with van der Waals surface area (Å²) >= 11 is 0. The maximum atomic E-state index is 13.1. The number of ether oxygens (including phenoxy) is 1. The van der Waals surface area contributed by atoms with Crippen molar-refractivity contribution >= 4 is 5.97 Å². The smallest absolute Gasteiger partial charge is 0.308 e. The Morgan fingerprint density at radius 2 is 2.21 bits per heavy atom. The Labute approximate surface area is 112 Å². The summed E-state index contributed by atoms with van der Waals surface area (Å²) in [4.78, 5) is 12.9. The molecule has 5 heteroatoms. The molecule has 106 valence electrons. The molecule has 1 unspecified atom stereocenters. The fourth-order valence-electron chi connectivity index (χ4n) is 1.88. The lowest BCUT2D eigenvalue weighted by molar-refractivity contribution is -0.143. The normalized spacial score (nSPS) is 12.5. The second kappa shape index (κ2) is 7.21. The van der Waals surface area contributed by atoms with Crippen LogP contribution in [0.4, 0.5) is 4.39 Å². The Balaban J connectivity index is 2.48. The van der Waals surface area contributed by atoms with E-state index in [4.69, 9.17) is 0 Å². The van der Waals surface area contributed by atoms with E-state index in [2.05, 4.69) is 4.74 Å². The molecule has 0 aromatic heterocycles. The summed E-state index contributed by atoms with van der Waals surface area (Å²) in [7, 11) is 3.12. The van der Waals surface area contributed by atoms with Gasteiger partial charge in [-0.25, -0.2) is 4.39 Å². The van der Waals surface area contributed by atoms with Gasteiger partial charge in [0.1, 0.15) is 5.82 Å². The number of methoxy groups -OCH3 is 1. The van der Waals surface area contributed by atoms with Crippen LogP contribution in [-0.2, 0) is 16.1 Å². The van der Waals surface area contributed by atoms with Crippen LogP contribution >= 0.6 is 0 Å². The van der Waals surface area contributed by atoms with E-state index in [1.165, 1.54) is 13.2 Å². The number of aliphatic hydroxyl groups excluding tert-OH is 1. The van der Waals surface area contributed by atoms with Crippen molar-refractivity contribution in [2.45, 2.75) is 26.0 Å². The molecule has 0 aliphatic heterocycles. The first-order chi connectivity index (χ1) is 8.92. The first-order valence-corrected chi connectivity index (χ1v) is 6.10. The third-order valence-electron chi connectivity index (χ3n) is 2.83. The minimum atomic E-state index is -0.765. The maximum absolute atomic E-state index is 13.1. The fourth-order valence-corrected chi connectivity index (χ4v) is 1.88. The number of rotatable bonds is 6. The van der Waals surface area contributed by atoms with Crippen molar-refractivity contribution in [3.63, 3.8) is 0 Å². The molecule has 0 radical (unpaired) electrons.